The summed E-state index contributed by atoms with van der Waals surface area (Å²) in [4.78, 5) is 5.15. The molecule has 0 saturated carbocycles. The summed E-state index contributed by atoms with van der Waals surface area (Å²) in [5.41, 5.74) is 2.53. The van der Waals surface area contributed by atoms with Crippen LogP contribution in [-0.2, 0) is 32.8 Å². The zero-order valence-corrected chi connectivity index (χ0v) is 18.7. The summed E-state index contributed by atoms with van der Waals surface area (Å²) in [5, 5.41) is 6.37. The maximum absolute atomic E-state index is 11.7. The highest BCUT2D eigenvalue weighted by Gasteiger charge is 2.11. The highest BCUT2D eigenvalue weighted by molar-refractivity contribution is 7.91. The molecule has 0 aliphatic rings. The third-order valence-corrected chi connectivity index (χ3v) is 6.60. The van der Waals surface area contributed by atoms with Crippen LogP contribution < -0.4 is 10.6 Å². The number of aryl methyl sites for hydroxylation is 1. The van der Waals surface area contributed by atoms with Gasteiger partial charge in [0.15, 0.2) is 25.6 Å². The van der Waals surface area contributed by atoms with Crippen LogP contribution in [0.4, 0.5) is 0 Å². The van der Waals surface area contributed by atoms with E-state index >= 15 is 0 Å². The standard InChI is InChI=1S/C20H27N3O4S2/c1-5-21-20(22-13-16-6-9-18(10-7-16)28(3,24)25)23-14-17-8-11-19(15(2)12-17)29(4,26)27/h6-12H,5,13-14H2,1-4H3,(H2,21,22,23). The summed E-state index contributed by atoms with van der Waals surface area (Å²) in [6.45, 7) is 5.30. The number of rotatable bonds is 7. The Kier molecular flexibility index (Phi) is 7.43. The van der Waals surface area contributed by atoms with E-state index in [0.717, 1.165) is 11.1 Å². The number of hydrogen-bond donors (Lipinski definition) is 2. The largest absolute Gasteiger partial charge is 0.357 e. The van der Waals surface area contributed by atoms with Crippen LogP contribution in [0.5, 0.6) is 0 Å². The summed E-state index contributed by atoms with van der Waals surface area (Å²) in [6, 6.07) is 11.9. The molecule has 0 unspecified atom stereocenters. The molecule has 2 rings (SSSR count). The van der Waals surface area contributed by atoms with Crippen molar-refractivity contribution in [3.05, 3.63) is 59.2 Å². The van der Waals surface area contributed by atoms with Crippen molar-refractivity contribution in [1.82, 2.24) is 10.6 Å². The molecule has 2 aromatic carbocycles. The highest BCUT2D eigenvalue weighted by Crippen LogP contribution is 2.17. The Balaban J connectivity index is 2.07. The maximum Gasteiger partial charge on any atom is 0.191 e. The van der Waals surface area contributed by atoms with Crippen LogP contribution in [0.25, 0.3) is 0 Å². The summed E-state index contributed by atoms with van der Waals surface area (Å²) in [6.07, 6.45) is 2.38. The van der Waals surface area contributed by atoms with Gasteiger partial charge in [-0.3, -0.25) is 0 Å². The molecule has 0 bridgehead atoms. The molecule has 0 aliphatic heterocycles. The molecule has 2 N–H and O–H groups in total. The van der Waals surface area contributed by atoms with Crippen LogP contribution in [0.3, 0.4) is 0 Å². The van der Waals surface area contributed by atoms with Crippen molar-refractivity contribution < 1.29 is 16.8 Å². The molecular formula is C20H27N3O4S2. The van der Waals surface area contributed by atoms with Gasteiger partial charge in [-0.1, -0.05) is 24.3 Å². The van der Waals surface area contributed by atoms with E-state index in [0.29, 0.717) is 36.1 Å². The topological polar surface area (TPSA) is 105 Å². The minimum atomic E-state index is -3.24. The summed E-state index contributed by atoms with van der Waals surface area (Å²) < 4.78 is 46.5. The van der Waals surface area contributed by atoms with Crippen molar-refractivity contribution in [1.29, 1.82) is 0 Å². The van der Waals surface area contributed by atoms with Crippen LogP contribution in [0, 0.1) is 6.92 Å². The van der Waals surface area contributed by atoms with E-state index in [4.69, 9.17) is 0 Å². The molecular weight excluding hydrogens is 410 g/mol. The Morgan fingerprint density at radius 3 is 2.03 bits per heavy atom. The van der Waals surface area contributed by atoms with Crippen LogP contribution in [0.1, 0.15) is 23.6 Å². The molecule has 0 fully saturated rings. The predicted octanol–water partition coefficient (Wildman–Crippen LogP) is 2.06. The number of aliphatic imine (C=N–C) groups is 1. The average molecular weight is 438 g/mol. The number of guanidine groups is 1. The first-order valence-electron chi connectivity index (χ1n) is 9.11. The number of sulfone groups is 2. The van der Waals surface area contributed by atoms with Crippen LogP contribution >= 0.6 is 0 Å². The van der Waals surface area contributed by atoms with Crippen molar-refractivity contribution in [2.45, 2.75) is 36.7 Å². The normalized spacial score (nSPS) is 12.6. The Hall–Kier alpha value is -2.39. The molecule has 2 aromatic rings. The minimum Gasteiger partial charge on any atom is -0.357 e. The molecule has 0 spiro atoms. The first kappa shape index (κ1) is 22.9. The summed E-state index contributed by atoms with van der Waals surface area (Å²) in [7, 11) is -6.45. The van der Waals surface area contributed by atoms with Crippen LogP contribution in [0.15, 0.2) is 57.2 Å². The number of nitrogens with zero attached hydrogens (tertiary/aromatic N) is 1. The van der Waals surface area contributed by atoms with Gasteiger partial charge in [-0.15, -0.1) is 0 Å². The smallest absolute Gasteiger partial charge is 0.191 e. The summed E-state index contributed by atoms with van der Waals surface area (Å²) in [5.74, 6) is 0.615. The van der Waals surface area contributed by atoms with E-state index in [-0.39, 0.29) is 4.90 Å². The quantitative estimate of drug-likeness (QED) is 0.507. The van der Waals surface area contributed by atoms with Gasteiger partial charge in [-0.25, -0.2) is 21.8 Å². The molecule has 158 valence electrons. The van der Waals surface area contributed by atoms with E-state index in [1.54, 1.807) is 43.3 Å². The van der Waals surface area contributed by atoms with Crippen LogP contribution in [-0.4, -0.2) is 41.9 Å². The Morgan fingerprint density at radius 2 is 1.52 bits per heavy atom. The highest BCUT2D eigenvalue weighted by atomic mass is 32.2. The van der Waals surface area contributed by atoms with E-state index in [1.165, 1.54) is 12.5 Å². The zero-order chi connectivity index (χ0) is 21.7. The number of benzene rings is 2. The zero-order valence-electron chi connectivity index (χ0n) is 17.1. The Morgan fingerprint density at radius 1 is 0.897 bits per heavy atom. The lowest BCUT2D eigenvalue weighted by atomic mass is 10.1. The minimum absolute atomic E-state index is 0.287. The molecule has 0 aromatic heterocycles. The van der Waals surface area contributed by atoms with Gasteiger partial charge in [-0.2, -0.15) is 0 Å². The third kappa shape index (κ3) is 6.86. The molecule has 0 heterocycles. The lowest BCUT2D eigenvalue weighted by Crippen LogP contribution is -2.36. The van der Waals surface area contributed by atoms with E-state index in [9.17, 15) is 16.8 Å². The first-order chi connectivity index (χ1) is 13.5. The fraction of sp³-hybridized carbons (Fsp3) is 0.350. The molecule has 0 saturated heterocycles. The van der Waals surface area contributed by atoms with Crippen molar-refractivity contribution in [2.24, 2.45) is 4.99 Å². The Bertz CT molecular complexity index is 1090. The summed E-state index contributed by atoms with van der Waals surface area (Å²) >= 11 is 0. The molecule has 29 heavy (non-hydrogen) atoms. The molecule has 7 nitrogen and oxygen atoms in total. The van der Waals surface area contributed by atoms with Gasteiger partial charge in [-0.05, 0) is 48.7 Å². The van der Waals surface area contributed by atoms with Gasteiger partial charge in [0.25, 0.3) is 0 Å². The molecule has 9 heteroatoms. The number of nitrogens with one attached hydrogen (secondary N) is 2. The van der Waals surface area contributed by atoms with Crippen LogP contribution in [0.2, 0.25) is 0 Å². The van der Waals surface area contributed by atoms with Gasteiger partial charge in [0.2, 0.25) is 0 Å². The third-order valence-electron chi connectivity index (χ3n) is 4.21. The van der Waals surface area contributed by atoms with Gasteiger partial charge in [0, 0.05) is 25.6 Å². The fourth-order valence-corrected chi connectivity index (χ4v) is 4.37. The van der Waals surface area contributed by atoms with E-state index in [2.05, 4.69) is 15.6 Å². The van der Waals surface area contributed by atoms with Gasteiger partial charge in [0.1, 0.15) is 0 Å². The molecule has 0 amide bonds. The lowest BCUT2D eigenvalue weighted by molar-refractivity contribution is 0.599. The second kappa shape index (κ2) is 9.41. The molecule has 0 atom stereocenters. The van der Waals surface area contributed by atoms with E-state index < -0.39 is 19.7 Å². The molecule has 0 radical (unpaired) electrons. The van der Waals surface area contributed by atoms with Crippen molar-refractivity contribution in [2.75, 3.05) is 19.1 Å². The van der Waals surface area contributed by atoms with Crippen molar-refractivity contribution >= 4 is 25.6 Å². The second-order valence-electron chi connectivity index (χ2n) is 6.84. The monoisotopic (exact) mass is 437 g/mol. The second-order valence-corrected chi connectivity index (χ2v) is 10.8. The van der Waals surface area contributed by atoms with Gasteiger partial charge in [0.05, 0.1) is 16.3 Å². The van der Waals surface area contributed by atoms with Crippen molar-refractivity contribution in [3.8, 4) is 0 Å². The van der Waals surface area contributed by atoms with Gasteiger partial charge >= 0.3 is 0 Å². The maximum atomic E-state index is 11.7. The lowest BCUT2D eigenvalue weighted by Gasteiger charge is -2.12. The number of hydrogen-bond acceptors (Lipinski definition) is 5. The average Bonchev–Trinajstić information content (AvgIpc) is 2.62. The van der Waals surface area contributed by atoms with Crippen molar-refractivity contribution in [3.63, 3.8) is 0 Å². The van der Waals surface area contributed by atoms with E-state index in [1.807, 2.05) is 13.0 Å². The first-order valence-corrected chi connectivity index (χ1v) is 12.9. The fourth-order valence-electron chi connectivity index (χ4n) is 2.78. The SMILES string of the molecule is CCNC(=NCc1ccc(S(C)(=O)=O)c(C)c1)NCc1ccc(S(C)(=O)=O)cc1. The van der Waals surface area contributed by atoms with Gasteiger partial charge < -0.3 is 10.6 Å². The molecule has 0 aliphatic carbocycles. The Labute approximate surface area is 173 Å². The predicted molar refractivity (Wildman–Crippen MR) is 115 cm³/mol.